The maximum absolute atomic E-state index is 10.1. The van der Waals surface area contributed by atoms with Crippen LogP contribution in [0.5, 0.6) is 5.75 Å². The average Bonchev–Trinajstić information content (AvgIpc) is 2.28. The molecule has 2 aromatic carbocycles. The molecule has 2 heteroatoms. The molecule has 0 radical (unpaired) electrons. The summed E-state index contributed by atoms with van der Waals surface area (Å²) >= 11 is 6.13. The standard InChI is InChI=1S/C14H13ClO/c1-9-8-12(15)10(2)13(14(9)16)11-6-4-3-5-7-11/h3-8,16H,1-2H3. The fraction of sp³-hybridized carbons (Fsp3) is 0.143. The summed E-state index contributed by atoms with van der Waals surface area (Å²) in [6.45, 7) is 3.77. The molecule has 0 atom stereocenters. The van der Waals surface area contributed by atoms with E-state index in [0.29, 0.717) is 10.8 Å². The predicted octanol–water partition coefficient (Wildman–Crippen LogP) is 4.33. The lowest BCUT2D eigenvalue weighted by atomic mass is 9.97. The van der Waals surface area contributed by atoms with Crippen LogP contribution in [0.3, 0.4) is 0 Å². The van der Waals surface area contributed by atoms with E-state index in [4.69, 9.17) is 11.6 Å². The topological polar surface area (TPSA) is 20.2 Å². The van der Waals surface area contributed by atoms with Gasteiger partial charge >= 0.3 is 0 Å². The van der Waals surface area contributed by atoms with Gasteiger partial charge in [-0.1, -0.05) is 41.9 Å². The van der Waals surface area contributed by atoms with Crippen LogP contribution < -0.4 is 0 Å². The van der Waals surface area contributed by atoms with Gasteiger partial charge < -0.3 is 5.11 Å². The van der Waals surface area contributed by atoms with Gasteiger partial charge in [-0.2, -0.15) is 0 Å². The number of rotatable bonds is 1. The van der Waals surface area contributed by atoms with Gasteiger partial charge in [-0.25, -0.2) is 0 Å². The van der Waals surface area contributed by atoms with Crippen LogP contribution in [-0.2, 0) is 0 Å². The Kier molecular flexibility index (Phi) is 2.88. The fourth-order valence-electron chi connectivity index (χ4n) is 1.82. The van der Waals surface area contributed by atoms with Crippen LogP contribution >= 0.6 is 11.6 Å². The zero-order valence-electron chi connectivity index (χ0n) is 9.29. The average molecular weight is 233 g/mol. The van der Waals surface area contributed by atoms with E-state index in [2.05, 4.69) is 0 Å². The van der Waals surface area contributed by atoms with Crippen LogP contribution in [-0.4, -0.2) is 5.11 Å². The molecule has 0 spiro atoms. The number of aromatic hydroxyl groups is 1. The summed E-state index contributed by atoms with van der Waals surface area (Å²) in [4.78, 5) is 0. The fourth-order valence-corrected chi connectivity index (χ4v) is 2.08. The molecular formula is C14H13ClO. The molecule has 0 aliphatic heterocycles. The molecule has 0 fully saturated rings. The van der Waals surface area contributed by atoms with Crippen LogP contribution in [0, 0.1) is 13.8 Å². The van der Waals surface area contributed by atoms with Crippen molar-refractivity contribution >= 4 is 11.6 Å². The third-order valence-corrected chi connectivity index (χ3v) is 3.14. The molecule has 0 saturated carbocycles. The largest absolute Gasteiger partial charge is 0.507 e. The van der Waals surface area contributed by atoms with E-state index in [1.807, 2.05) is 44.2 Å². The van der Waals surface area contributed by atoms with Gasteiger partial charge in [0.25, 0.3) is 0 Å². The Morgan fingerprint density at radius 3 is 2.31 bits per heavy atom. The van der Waals surface area contributed by atoms with Gasteiger partial charge in [0.2, 0.25) is 0 Å². The SMILES string of the molecule is Cc1cc(Cl)c(C)c(-c2ccccc2)c1O. The second-order valence-corrected chi connectivity index (χ2v) is 4.30. The Labute approximate surface area is 100 Å². The quantitative estimate of drug-likeness (QED) is 0.776. The van der Waals surface area contributed by atoms with Crippen molar-refractivity contribution in [2.24, 2.45) is 0 Å². The summed E-state index contributed by atoms with van der Waals surface area (Å²) < 4.78 is 0. The summed E-state index contributed by atoms with van der Waals surface area (Å²) in [5, 5.41) is 10.8. The lowest BCUT2D eigenvalue weighted by Gasteiger charge is -2.12. The second-order valence-electron chi connectivity index (χ2n) is 3.89. The normalized spacial score (nSPS) is 10.4. The molecule has 0 aliphatic rings. The third kappa shape index (κ3) is 1.79. The molecular weight excluding hydrogens is 220 g/mol. The number of hydrogen-bond acceptors (Lipinski definition) is 1. The summed E-state index contributed by atoms with van der Waals surface area (Å²) in [6.07, 6.45) is 0. The zero-order valence-corrected chi connectivity index (χ0v) is 10.0. The number of phenols is 1. The molecule has 0 aliphatic carbocycles. The van der Waals surface area contributed by atoms with E-state index in [0.717, 1.165) is 22.3 Å². The van der Waals surface area contributed by atoms with E-state index in [1.54, 1.807) is 6.07 Å². The van der Waals surface area contributed by atoms with E-state index < -0.39 is 0 Å². The van der Waals surface area contributed by atoms with Gasteiger partial charge in [0, 0.05) is 10.6 Å². The van der Waals surface area contributed by atoms with Gasteiger partial charge in [0.05, 0.1) is 0 Å². The highest BCUT2D eigenvalue weighted by molar-refractivity contribution is 6.32. The zero-order chi connectivity index (χ0) is 11.7. The molecule has 0 heterocycles. The number of aryl methyl sites for hydroxylation is 1. The first-order valence-electron chi connectivity index (χ1n) is 5.15. The Bertz CT molecular complexity index is 492. The van der Waals surface area contributed by atoms with Gasteiger partial charge in [-0.3, -0.25) is 0 Å². The first kappa shape index (κ1) is 11.0. The van der Waals surface area contributed by atoms with E-state index >= 15 is 0 Å². The lowest BCUT2D eigenvalue weighted by Crippen LogP contribution is -1.88. The Morgan fingerprint density at radius 1 is 1.06 bits per heavy atom. The molecule has 82 valence electrons. The molecule has 0 amide bonds. The van der Waals surface area contributed by atoms with Crippen molar-refractivity contribution in [2.75, 3.05) is 0 Å². The van der Waals surface area contributed by atoms with Crippen LogP contribution in [0.15, 0.2) is 36.4 Å². The Morgan fingerprint density at radius 2 is 1.69 bits per heavy atom. The van der Waals surface area contributed by atoms with E-state index in [9.17, 15) is 5.11 Å². The minimum Gasteiger partial charge on any atom is -0.507 e. The first-order valence-corrected chi connectivity index (χ1v) is 5.53. The number of benzene rings is 2. The van der Waals surface area contributed by atoms with Crippen molar-refractivity contribution in [3.8, 4) is 16.9 Å². The second kappa shape index (κ2) is 4.18. The molecule has 16 heavy (non-hydrogen) atoms. The molecule has 0 unspecified atom stereocenters. The molecule has 2 rings (SSSR count). The van der Waals surface area contributed by atoms with Crippen molar-refractivity contribution < 1.29 is 5.11 Å². The van der Waals surface area contributed by atoms with Crippen molar-refractivity contribution in [3.63, 3.8) is 0 Å². The Hall–Kier alpha value is -1.47. The van der Waals surface area contributed by atoms with E-state index in [-0.39, 0.29) is 0 Å². The first-order chi connectivity index (χ1) is 7.61. The predicted molar refractivity (Wildman–Crippen MR) is 68.0 cm³/mol. The summed E-state index contributed by atoms with van der Waals surface area (Å²) in [5.74, 6) is 0.313. The van der Waals surface area contributed by atoms with Crippen molar-refractivity contribution in [1.82, 2.24) is 0 Å². The van der Waals surface area contributed by atoms with Crippen LogP contribution in [0.4, 0.5) is 0 Å². The highest BCUT2D eigenvalue weighted by atomic mass is 35.5. The highest BCUT2D eigenvalue weighted by Crippen LogP contribution is 2.38. The molecule has 0 bridgehead atoms. The highest BCUT2D eigenvalue weighted by Gasteiger charge is 2.12. The van der Waals surface area contributed by atoms with Crippen molar-refractivity contribution in [1.29, 1.82) is 0 Å². The maximum atomic E-state index is 10.1. The molecule has 1 N–H and O–H groups in total. The van der Waals surface area contributed by atoms with Crippen LogP contribution in [0.2, 0.25) is 5.02 Å². The summed E-state index contributed by atoms with van der Waals surface area (Å²) in [6, 6.07) is 11.6. The monoisotopic (exact) mass is 232 g/mol. The number of hydrogen-bond donors (Lipinski definition) is 1. The van der Waals surface area contributed by atoms with E-state index in [1.165, 1.54) is 0 Å². The van der Waals surface area contributed by atoms with Gasteiger partial charge in [0.1, 0.15) is 5.75 Å². The van der Waals surface area contributed by atoms with Crippen molar-refractivity contribution in [3.05, 3.63) is 52.5 Å². The van der Waals surface area contributed by atoms with Gasteiger partial charge in [-0.15, -0.1) is 0 Å². The van der Waals surface area contributed by atoms with Crippen molar-refractivity contribution in [2.45, 2.75) is 13.8 Å². The molecule has 1 nitrogen and oxygen atoms in total. The Balaban J connectivity index is 2.74. The van der Waals surface area contributed by atoms with Gasteiger partial charge in [0.15, 0.2) is 0 Å². The smallest absolute Gasteiger partial charge is 0.126 e. The lowest BCUT2D eigenvalue weighted by molar-refractivity contribution is 0.473. The van der Waals surface area contributed by atoms with Crippen LogP contribution in [0.1, 0.15) is 11.1 Å². The van der Waals surface area contributed by atoms with Crippen LogP contribution in [0.25, 0.3) is 11.1 Å². The maximum Gasteiger partial charge on any atom is 0.126 e. The minimum atomic E-state index is 0.313. The summed E-state index contributed by atoms with van der Waals surface area (Å²) in [5.41, 5.74) is 3.53. The van der Waals surface area contributed by atoms with Gasteiger partial charge in [-0.05, 0) is 36.6 Å². The molecule has 0 aromatic heterocycles. The molecule has 0 saturated heterocycles. The minimum absolute atomic E-state index is 0.313. The molecule has 2 aromatic rings. The third-order valence-electron chi connectivity index (χ3n) is 2.75. The number of halogens is 1. The number of phenolic OH excluding ortho intramolecular Hbond substituents is 1. The summed E-state index contributed by atoms with van der Waals surface area (Å²) in [7, 11) is 0.